The summed E-state index contributed by atoms with van der Waals surface area (Å²) in [6, 6.07) is 4.52. The van der Waals surface area contributed by atoms with Crippen molar-refractivity contribution in [3.8, 4) is 10.6 Å². The number of pyridine rings is 1. The first-order valence-electron chi connectivity index (χ1n) is 6.33. The molecule has 0 aliphatic carbocycles. The molecular weight excluding hydrogens is 242 g/mol. The summed E-state index contributed by atoms with van der Waals surface area (Å²) in [6.07, 6.45) is 4.61. The van der Waals surface area contributed by atoms with Gasteiger partial charge in [-0.15, -0.1) is 11.3 Å². The van der Waals surface area contributed by atoms with Crippen molar-refractivity contribution in [1.29, 1.82) is 0 Å². The van der Waals surface area contributed by atoms with E-state index in [0.29, 0.717) is 6.04 Å². The van der Waals surface area contributed by atoms with Gasteiger partial charge in [0.1, 0.15) is 5.01 Å². The lowest BCUT2D eigenvalue weighted by Crippen LogP contribution is -2.21. The topological polar surface area (TPSA) is 37.8 Å². The van der Waals surface area contributed by atoms with Crippen LogP contribution in [0.5, 0.6) is 0 Å². The summed E-state index contributed by atoms with van der Waals surface area (Å²) < 4.78 is 0. The zero-order valence-electron chi connectivity index (χ0n) is 11.1. The third-order valence-electron chi connectivity index (χ3n) is 2.71. The van der Waals surface area contributed by atoms with Gasteiger partial charge in [0.2, 0.25) is 0 Å². The fourth-order valence-corrected chi connectivity index (χ4v) is 2.82. The third kappa shape index (κ3) is 3.15. The predicted molar refractivity (Wildman–Crippen MR) is 76.7 cm³/mol. The molecule has 1 N–H and O–H groups in total. The van der Waals surface area contributed by atoms with Crippen LogP contribution in [0.1, 0.15) is 31.3 Å². The quantitative estimate of drug-likeness (QED) is 0.897. The van der Waals surface area contributed by atoms with Crippen LogP contribution in [0.15, 0.2) is 24.5 Å². The van der Waals surface area contributed by atoms with Crippen molar-refractivity contribution in [2.45, 2.75) is 39.8 Å². The molecule has 0 spiro atoms. The van der Waals surface area contributed by atoms with Gasteiger partial charge >= 0.3 is 0 Å². The lowest BCUT2D eigenvalue weighted by atomic mass is 10.2. The van der Waals surface area contributed by atoms with Crippen molar-refractivity contribution in [1.82, 2.24) is 15.3 Å². The van der Waals surface area contributed by atoms with Crippen molar-refractivity contribution in [2.24, 2.45) is 0 Å². The summed E-state index contributed by atoms with van der Waals surface area (Å²) >= 11 is 1.78. The zero-order chi connectivity index (χ0) is 13.0. The van der Waals surface area contributed by atoms with Crippen LogP contribution in [0, 0.1) is 0 Å². The number of nitrogens with one attached hydrogen (secondary N) is 1. The van der Waals surface area contributed by atoms with Gasteiger partial charge in [0.05, 0.1) is 5.69 Å². The predicted octanol–water partition coefficient (Wildman–Crippen LogP) is 3.27. The van der Waals surface area contributed by atoms with E-state index in [1.54, 1.807) is 11.3 Å². The summed E-state index contributed by atoms with van der Waals surface area (Å²) in [7, 11) is 0. The number of nitrogens with zero attached hydrogens (tertiary/aromatic N) is 2. The average Bonchev–Trinajstić information content (AvgIpc) is 2.80. The molecule has 0 aromatic carbocycles. The van der Waals surface area contributed by atoms with Crippen LogP contribution in [-0.4, -0.2) is 16.0 Å². The molecule has 0 atom stereocenters. The van der Waals surface area contributed by atoms with E-state index >= 15 is 0 Å². The Balaban J connectivity index is 2.24. The van der Waals surface area contributed by atoms with Crippen LogP contribution < -0.4 is 5.32 Å². The molecule has 0 aliphatic heterocycles. The standard InChI is InChI=1S/C14H19N3S/c1-4-12-13(9-16-10(2)3)18-14(17-12)11-5-7-15-8-6-11/h5-8,10,16H,4,9H2,1-3H3. The smallest absolute Gasteiger partial charge is 0.124 e. The Morgan fingerprint density at radius 1 is 1.28 bits per heavy atom. The van der Waals surface area contributed by atoms with E-state index in [0.717, 1.165) is 23.5 Å². The molecule has 0 fully saturated rings. The Morgan fingerprint density at radius 3 is 2.61 bits per heavy atom. The number of aryl methyl sites for hydroxylation is 1. The second-order valence-corrected chi connectivity index (χ2v) is 5.60. The molecule has 2 aromatic rings. The molecule has 0 saturated carbocycles. The van der Waals surface area contributed by atoms with E-state index in [-0.39, 0.29) is 0 Å². The number of aromatic nitrogens is 2. The monoisotopic (exact) mass is 261 g/mol. The van der Waals surface area contributed by atoms with Gasteiger partial charge < -0.3 is 5.32 Å². The summed E-state index contributed by atoms with van der Waals surface area (Å²) in [5.41, 5.74) is 2.36. The molecule has 18 heavy (non-hydrogen) atoms. The highest BCUT2D eigenvalue weighted by molar-refractivity contribution is 7.15. The van der Waals surface area contributed by atoms with Crippen molar-refractivity contribution < 1.29 is 0 Å². The molecule has 0 aliphatic rings. The first-order chi connectivity index (χ1) is 8.70. The van der Waals surface area contributed by atoms with Crippen molar-refractivity contribution in [3.63, 3.8) is 0 Å². The summed E-state index contributed by atoms with van der Waals surface area (Å²) in [5, 5.41) is 4.55. The highest BCUT2D eigenvalue weighted by Gasteiger charge is 2.11. The van der Waals surface area contributed by atoms with Gasteiger partial charge in [-0.05, 0) is 18.6 Å². The van der Waals surface area contributed by atoms with Crippen molar-refractivity contribution in [2.75, 3.05) is 0 Å². The first kappa shape index (κ1) is 13.2. The minimum atomic E-state index is 0.501. The molecule has 3 nitrogen and oxygen atoms in total. The zero-order valence-corrected chi connectivity index (χ0v) is 11.9. The lowest BCUT2D eigenvalue weighted by molar-refractivity contribution is 0.590. The second kappa shape index (κ2) is 6.07. The molecule has 0 bridgehead atoms. The first-order valence-corrected chi connectivity index (χ1v) is 7.14. The second-order valence-electron chi connectivity index (χ2n) is 4.51. The van der Waals surface area contributed by atoms with Crippen molar-refractivity contribution in [3.05, 3.63) is 35.1 Å². The summed E-state index contributed by atoms with van der Waals surface area (Å²) in [6.45, 7) is 7.39. The van der Waals surface area contributed by atoms with Gasteiger partial charge in [-0.2, -0.15) is 0 Å². The Morgan fingerprint density at radius 2 is 2.00 bits per heavy atom. The number of hydrogen-bond acceptors (Lipinski definition) is 4. The normalized spacial score (nSPS) is 11.1. The number of hydrogen-bond donors (Lipinski definition) is 1. The molecule has 0 saturated heterocycles. The van der Waals surface area contributed by atoms with Gasteiger partial charge in [0.25, 0.3) is 0 Å². The van der Waals surface area contributed by atoms with Gasteiger partial charge in [0, 0.05) is 35.4 Å². The molecule has 96 valence electrons. The number of thiazole rings is 1. The van der Waals surface area contributed by atoms with Crippen LogP contribution >= 0.6 is 11.3 Å². The van der Waals surface area contributed by atoms with Gasteiger partial charge in [-0.1, -0.05) is 20.8 Å². The highest BCUT2D eigenvalue weighted by atomic mass is 32.1. The molecule has 0 amide bonds. The summed E-state index contributed by atoms with van der Waals surface area (Å²) in [4.78, 5) is 10.1. The van der Waals surface area contributed by atoms with Crippen LogP contribution in [0.3, 0.4) is 0 Å². The van der Waals surface area contributed by atoms with Crippen LogP contribution in [0.25, 0.3) is 10.6 Å². The highest BCUT2D eigenvalue weighted by Crippen LogP contribution is 2.28. The fourth-order valence-electron chi connectivity index (χ4n) is 1.71. The molecule has 2 heterocycles. The Bertz CT molecular complexity index is 491. The third-order valence-corrected chi connectivity index (χ3v) is 3.86. The summed E-state index contributed by atoms with van der Waals surface area (Å²) in [5.74, 6) is 0. The maximum atomic E-state index is 4.73. The molecular formula is C14H19N3S. The molecule has 4 heteroatoms. The molecule has 0 unspecified atom stereocenters. The molecule has 2 rings (SSSR count). The Labute approximate surface area is 112 Å². The van der Waals surface area contributed by atoms with Crippen LogP contribution in [-0.2, 0) is 13.0 Å². The average molecular weight is 261 g/mol. The maximum absolute atomic E-state index is 4.73. The largest absolute Gasteiger partial charge is 0.310 e. The lowest BCUT2D eigenvalue weighted by Gasteiger charge is -2.06. The van der Waals surface area contributed by atoms with E-state index in [4.69, 9.17) is 4.98 Å². The Hall–Kier alpha value is -1.26. The van der Waals surface area contributed by atoms with Gasteiger partial charge in [-0.3, -0.25) is 4.98 Å². The fraction of sp³-hybridized carbons (Fsp3) is 0.429. The van der Waals surface area contributed by atoms with Crippen LogP contribution in [0.4, 0.5) is 0 Å². The SMILES string of the molecule is CCc1nc(-c2ccncc2)sc1CNC(C)C. The van der Waals surface area contributed by atoms with E-state index in [1.165, 1.54) is 10.6 Å². The molecule has 2 aromatic heterocycles. The minimum Gasteiger partial charge on any atom is -0.310 e. The maximum Gasteiger partial charge on any atom is 0.124 e. The number of rotatable bonds is 5. The van der Waals surface area contributed by atoms with Crippen molar-refractivity contribution >= 4 is 11.3 Å². The van der Waals surface area contributed by atoms with E-state index in [1.807, 2.05) is 24.5 Å². The van der Waals surface area contributed by atoms with E-state index in [9.17, 15) is 0 Å². The molecule has 0 radical (unpaired) electrons. The van der Waals surface area contributed by atoms with E-state index < -0.39 is 0 Å². The Kier molecular flexibility index (Phi) is 4.44. The van der Waals surface area contributed by atoms with Gasteiger partial charge in [0.15, 0.2) is 0 Å². The van der Waals surface area contributed by atoms with E-state index in [2.05, 4.69) is 31.1 Å². The van der Waals surface area contributed by atoms with Crippen LogP contribution in [0.2, 0.25) is 0 Å². The minimum absolute atomic E-state index is 0.501. The van der Waals surface area contributed by atoms with Gasteiger partial charge in [-0.25, -0.2) is 4.98 Å².